The molecule has 0 aromatic rings. The normalized spacial score (nSPS) is 11.8. The third kappa shape index (κ3) is 11.3. The fourth-order valence-corrected chi connectivity index (χ4v) is 4.20. The van der Waals surface area contributed by atoms with E-state index < -0.39 is 8.32 Å². The lowest BCUT2D eigenvalue weighted by Gasteiger charge is -2.31. The minimum Gasteiger partial charge on any atom is -0.547 e. The molecule has 0 saturated heterocycles. The standard InChI is InChI=1S/C22H46OSi/c1-8-12-16-20(17-13-9-2)22(23-24(5,6)7)21(18-14-10-3)19-15-11-4/h20H,8-19H2,1-7H3. The van der Waals surface area contributed by atoms with Gasteiger partial charge in [0.15, 0.2) is 0 Å². The Morgan fingerprint density at radius 2 is 1.12 bits per heavy atom. The molecule has 0 unspecified atom stereocenters. The average Bonchev–Trinajstić information content (AvgIpc) is 2.53. The molecule has 0 spiro atoms. The molecule has 0 fully saturated rings. The highest BCUT2D eigenvalue weighted by atomic mass is 28.4. The summed E-state index contributed by atoms with van der Waals surface area (Å²) >= 11 is 0. The van der Waals surface area contributed by atoms with Gasteiger partial charge in [0.1, 0.15) is 0 Å². The Balaban J connectivity index is 5.57. The smallest absolute Gasteiger partial charge is 0.241 e. The lowest BCUT2D eigenvalue weighted by atomic mass is 9.89. The SMILES string of the molecule is CCCCC(CCCC)=C(O[Si](C)(C)C)C(CCCC)CCCC. The van der Waals surface area contributed by atoms with Crippen LogP contribution in [0.4, 0.5) is 0 Å². The molecule has 0 aliphatic rings. The van der Waals surface area contributed by atoms with Gasteiger partial charge in [-0.15, -0.1) is 0 Å². The molecule has 0 radical (unpaired) electrons. The molecule has 0 atom stereocenters. The fraction of sp³-hybridized carbons (Fsp3) is 0.909. The average molecular weight is 355 g/mol. The maximum absolute atomic E-state index is 6.77. The predicted molar refractivity (Wildman–Crippen MR) is 113 cm³/mol. The first kappa shape index (κ1) is 23.8. The van der Waals surface area contributed by atoms with Gasteiger partial charge >= 0.3 is 0 Å². The van der Waals surface area contributed by atoms with Crippen LogP contribution >= 0.6 is 0 Å². The van der Waals surface area contributed by atoms with Crippen molar-refractivity contribution in [3.05, 3.63) is 11.3 Å². The molecule has 0 aromatic carbocycles. The van der Waals surface area contributed by atoms with Crippen LogP contribution in [0.15, 0.2) is 11.3 Å². The highest BCUT2D eigenvalue weighted by molar-refractivity contribution is 6.70. The zero-order valence-corrected chi connectivity index (χ0v) is 19.0. The van der Waals surface area contributed by atoms with E-state index in [0.717, 1.165) is 0 Å². The van der Waals surface area contributed by atoms with E-state index in [9.17, 15) is 0 Å². The van der Waals surface area contributed by atoms with Crippen molar-refractivity contribution < 1.29 is 4.43 Å². The maximum atomic E-state index is 6.77. The Bertz CT molecular complexity index is 309. The molecule has 1 nitrogen and oxygen atoms in total. The second-order valence-corrected chi connectivity index (χ2v) is 12.8. The van der Waals surface area contributed by atoms with Crippen LogP contribution in [-0.2, 0) is 4.43 Å². The quantitative estimate of drug-likeness (QED) is 0.212. The summed E-state index contributed by atoms with van der Waals surface area (Å²) in [6.07, 6.45) is 15.6. The number of hydrogen-bond acceptors (Lipinski definition) is 1. The summed E-state index contributed by atoms with van der Waals surface area (Å²) in [5.41, 5.74) is 1.67. The van der Waals surface area contributed by atoms with E-state index >= 15 is 0 Å². The van der Waals surface area contributed by atoms with Crippen LogP contribution in [0.2, 0.25) is 19.6 Å². The van der Waals surface area contributed by atoms with Gasteiger partial charge in [-0.2, -0.15) is 0 Å². The molecule has 0 aliphatic heterocycles. The summed E-state index contributed by atoms with van der Waals surface area (Å²) in [6, 6.07) is 0. The van der Waals surface area contributed by atoms with Crippen molar-refractivity contribution in [1.29, 1.82) is 0 Å². The van der Waals surface area contributed by atoms with E-state index in [1.165, 1.54) is 82.8 Å². The number of allylic oxidation sites excluding steroid dienone is 2. The van der Waals surface area contributed by atoms with Crippen LogP contribution in [0.5, 0.6) is 0 Å². The third-order valence-corrected chi connectivity index (χ3v) is 5.44. The summed E-state index contributed by atoms with van der Waals surface area (Å²) in [5.74, 6) is 2.11. The first-order valence-corrected chi connectivity index (χ1v) is 14.2. The van der Waals surface area contributed by atoms with Crippen LogP contribution in [0, 0.1) is 5.92 Å². The molecule has 24 heavy (non-hydrogen) atoms. The highest BCUT2D eigenvalue weighted by Crippen LogP contribution is 2.33. The summed E-state index contributed by atoms with van der Waals surface area (Å²) in [7, 11) is -1.56. The van der Waals surface area contributed by atoms with Gasteiger partial charge in [0.05, 0.1) is 5.76 Å². The Labute approximate surface area is 154 Å². The van der Waals surface area contributed by atoms with E-state index in [0.29, 0.717) is 5.92 Å². The molecular weight excluding hydrogens is 308 g/mol. The lowest BCUT2D eigenvalue weighted by molar-refractivity contribution is 0.299. The number of unbranched alkanes of at least 4 members (excludes halogenated alkanes) is 4. The molecule has 0 amide bonds. The van der Waals surface area contributed by atoms with Crippen LogP contribution in [-0.4, -0.2) is 8.32 Å². The zero-order chi connectivity index (χ0) is 18.4. The highest BCUT2D eigenvalue weighted by Gasteiger charge is 2.25. The van der Waals surface area contributed by atoms with Gasteiger partial charge in [0.2, 0.25) is 8.32 Å². The van der Waals surface area contributed by atoms with Crippen molar-refractivity contribution in [2.75, 3.05) is 0 Å². The van der Waals surface area contributed by atoms with E-state index in [4.69, 9.17) is 4.43 Å². The van der Waals surface area contributed by atoms with Gasteiger partial charge in [0, 0.05) is 5.92 Å². The topological polar surface area (TPSA) is 9.23 Å². The van der Waals surface area contributed by atoms with Crippen molar-refractivity contribution in [3.8, 4) is 0 Å². The van der Waals surface area contributed by atoms with E-state index in [1.807, 2.05) is 0 Å². The van der Waals surface area contributed by atoms with E-state index in [-0.39, 0.29) is 0 Å². The van der Waals surface area contributed by atoms with Crippen LogP contribution in [0.25, 0.3) is 0 Å². The minimum absolute atomic E-state index is 0.667. The third-order valence-electron chi connectivity index (χ3n) is 4.61. The molecule has 2 heteroatoms. The molecule has 0 bridgehead atoms. The van der Waals surface area contributed by atoms with Gasteiger partial charge in [-0.1, -0.05) is 66.2 Å². The van der Waals surface area contributed by atoms with Gasteiger partial charge < -0.3 is 4.43 Å². The summed E-state index contributed by atoms with van der Waals surface area (Å²) < 4.78 is 6.77. The molecule has 0 aromatic heterocycles. The van der Waals surface area contributed by atoms with Crippen LogP contribution < -0.4 is 0 Å². The molecule has 0 aliphatic carbocycles. The summed E-state index contributed by atoms with van der Waals surface area (Å²) in [5, 5.41) is 0. The predicted octanol–water partition coefficient (Wildman–Crippen LogP) is 8.47. The van der Waals surface area contributed by atoms with Crippen molar-refractivity contribution in [1.82, 2.24) is 0 Å². The van der Waals surface area contributed by atoms with E-state index in [1.54, 1.807) is 5.57 Å². The van der Waals surface area contributed by atoms with Crippen molar-refractivity contribution in [2.24, 2.45) is 5.92 Å². The van der Waals surface area contributed by atoms with Gasteiger partial charge in [-0.25, -0.2) is 0 Å². The largest absolute Gasteiger partial charge is 0.547 e. The van der Waals surface area contributed by atoms with Crippen molar-refractivity contribution in [3.63, 3.8) is 0 Å². The lowest BCUT2D eigenvalue weighted by Crippen LogP contribution is -2.28. The Hall–Kier alpha value is -0.243. The molecular formula is C22H46OSi. The number of hydrogen-bond donors (Lipinski definition) is 0. The molecule has 0 saturated carbocycles. The summed E-state index contributed by atoms with van der Waals surface area (Å²) in [4.78, 5) is 0. The first-order valence-electron chi connectivity index (χ1n) is 10.8. The second kappa shape index (κ2) is 14.0. The number of rotatable bonds is 15. The Morgan fingerprint density at radius 1 is 0.708 bits per heavy atom. The Kier molecular flexibility index (Phi) is 13.8. The zero-order valence-electron chi connectivity index (χ0n) is 18.0. The summed E-state index contributed by atoms with van der Waals surface area (Å²) in [6.45, 7) is 16.3. The first-order chi connectivity index (χ1) is 11.4. The molecule has 0 heterocycles. The van der Waals surface area contributed by atoms with Crippen LogP contribution in [0.3, 0.4) is 0 Å². The monoisotopic (exact) mass is 354 g/mol. The van der Waals surface area contributed by atoms with Gasteiger partial charge in [-0.05, 0) is 63.7 Å². The van der Waals surface area contributed by atoms with Crippen molar-refractivity contribution in [2.45, 2.75) is 124 Å². The molecule has 0 rings (SSSR count). The maximum Gasteiger partial charge on any atom is 0.241 e. The fourth-order valence-electron chi connectivity index (χ4n) is 3.23. The van der Waals surface area contributed by atoms with Gasteiger partial charge in [-0.3, -0.25) is 0 Å². The van der Waals surface area contributed by atoms with Crippen molar-refractivity contribution >= 4 is 8.32 Å². The minimum atomic E-state index is -1.56. The van der Waals surface area contributed by atoms with Crippen LogP contribution in [0.1, 0.15) is 105 Å². The Morgan fingerprint density at radius 3 is 1.46 bits per heavy atom. The van der Waals surface area contributed by atoms with E-state index in [2.05, 4.69) is 47.3 Å². The molecule has 144 valence electrons. The molecule has 0 N–H and O–H groups in total. The van der Waals surface area contributed by atoms with Gasteiger partial charge in [0.25, 0.3) is 0 Å². The second-order valence-electron chi connectivity index (χ2n) is 8.37.